The average Bonchev–Trinajstić information content (AvgIpc) is 3.31. The summed E-state index contributed by atoms with van der Waals surface area (Å²) >= 11 is 6.92. The molecule has 0 saturated heterocycles. The molecular formula is C23H22N4O2S2. The van der Waals surface area contributed by atoms with Gasteiger partial charge in [-0.2, -0.15) is 5.10 Å². The topological polar surface area (TPSA) is 68.2 Å². The molecule has 2 aromatic carbocycles. The second-order valence-corrected chi connectivity index (χ2v) is 8.76. The van der Waals surface area contributed by atoms with E-state index in [1.165, 1.54) is 34.8 Å². The standard InChI is InChI=1S/C23H22N4O2S2/c1-14-15(2)31-21(20(14)22(28)29-3)26-23(30)25-18-11-24-27(13-18)12-17-9-6-8-16-7-4-5-10-19(16)17/h4-11,13H,12H2,1-3H3,(H2,25,26,30). The number of aromatic nitrogens is 2. The van der Waals surface area contributed by atoms with Crippen LogP contribution in [0.4, 0.5) is 10.7 Å². The number of esters is 1. The normalized spacial score (nSPS) is 10.8. The molecule has 0 fully saturated rings. The largest absolute Gasteiger partial charge is 0.465 e. The number of anilines is 2. The highest BCUT2D eigenvalue weighted by molar-refractivity contribution is 7.80. The van der Waals surface area contributed by atoms with E-state index in [2.05, 4.69) is 46.1 Å². The smallest absolute Gasteiger partial charge is 0.341 e. The molecule has 0 amide bonds. The van der Waals surface area contributed by atoms with Gasteiger partial charge >= 0.3 is 5.97 Å². The molecule has 6 nitrogen and oxygen atoms in total. The number of ether oxygens (including phenoxy) is 1. The van der Waals surface area contributed by atoms with E-state index >= 15 is 0 Å². The molecule has 0 bridgehead atoms. The summed E-state index contributed by atoms with van der Waals surface area (Å²) in [5, 5.41) is 14.2. The van der Waals surface area contributed by atoms with Crippen molar-refractivity contribution in [1.29, 1.82) is 0 Å². The molecule has 8 heteroatoms. The number of nitrogens with zero attached hydrogens (tertiary/aromatic N) is 2. The Kier molecular flexibility index (Phi) is 6.01. The summed E-state index contributed by atoms with van der Waals surface area (Å²) in [6, 6.07) is 14.6. The molecule has 158 valence electrons. The lowest BCUT2D eigenvalue weighted by Crippen LogP contribution is -2.20. The maximum atomic E-state index is 12.1. The van der Waals surface area contributed by atoms with Crippen molar-refractivity contribution < 1.29 is 9.53 Å². The van der Waals surface area contributed by atoms with Gasteiger partial charge in [-0.05, 0) is 48.0 Å². The van der Waals surface area contributed by atoms with Gasteiger partial charge < -0.3 is 15.4 Å². The number of nitrogens with one attached hydrogen (secondary N) is 2. The monoisotopic (exact) mass is 450 g/mol. The quantitative estimate of drug-likeness (QED) is 0.315. The Labute approximate surface area is 189 Å². The van der Waals surface area contributed by atoms with Crippen LogP contribution in [0.25, 0.3) is 10.8 Å². The van der Waals surface area contributed by atoms with Crippen molar-refractivity contribution in [3.05, 3.63) is 76.4 Å². The van der Waals surface area contributed by atoms with Gasteiger partial charge in [0.1, 0.15) is 5.00 Å². The molecule has 0 unspecified atom stereocenters. The summed E-state index contributed by atoms with van der Waals surface area (Å²) in [5.74, 6) is -0.380. The van der Waals surface area contributed by atoms with Crippen molar-refractivity contribution in [2.24, 2.45) is 0 Å². The Morgan fingerprint density at radius 3 is 2.74 bits per heavy atom. The molecular weight excluding hydrogens is 428 g/mol. The molecule has 0 aliphatic carbocycles. The van der Waals surface area contributed by atoms with Crippen LogP contribution in [0.3, 0.4) is 0 Å². The van der Waals surface area contributed by atoms with E-state index < -0.39 is 0 Å². The number of aryl methyl sites for hydroxylation is 1. The molecule has 2 aromatic heterocycles. The van der Waals surface area contributed by atoms with Crippen LogP contribution in [-0.2, 0) is 11.3 Å². The molecule has 0 aliphatic rings. The average molecular weight is 451 g/mol. The van der Waals surface area contributed by atoms with Crippen molar-refractivity contribution in [3.63, 3.8) is 0 Å². The van der Waals surface area contributed by atoms with Crippen LogP contribution in [0.1, 0.15) is 26.4 Å². The lowest BCUT2D eigenvalue weighted by Gasteiger charge is -2.09. The van der Waals surface area contributed by atoms with Gasteiger partial charge in [0.15, 0.2) is 5.11 Å². The zero-order valence-electron chi connectivity index (χ0n) is 17.4. The van der Waals surface area contributed by atoms with Gasteiger partial charge in [0.25, 0.3) is 0 Å². The number of rotatable bonds is 5. The van der Waals surface area contributed by atoms with Gasteiger partial charge in [-0.1, -0.05) is 42.5 Å². The van der Waals surface area contributed by atoms with Crippen molar-refractivity contribution in [2.75, 3.05) is 17.7 Å². The Hall–Kier alpha value is -3.23. The lowest BCUT2D eigenvalue weighted by molar-refractivity contribution is 0.0601. The highest BCUT2D eigenvalue weighted by Gasteiger charge is 2.20. The third-order valence-corrected chi connectivity index (χ3v) is 6.43. The minimum atomic E-state index is -0.380. The molecule has 0 radical (unpaired) electrons. The summed E-state index contributed by atoms with van der Waals surface area (Å²) in [6.45, 7) is 4.52. The van der Waals surface area contributed by atoms with E-state index in [0.717, 1.165) is 16.1 Å². The predicted octanol–water partition coefficient (Wildman–Crippen LogP) is 5.36. The summed E-state index contributed by atoms with van der Waals surface area (Å²) in [4.78, 5) is 13.2. The van der Waals surface area contributed by atoms with Gasteiger partial charge in [-0.25, -0.2) is 4.79 Å². The Balaban J connectivity index is 1.47. The van der Waals surface area contributed by atoms with Crippen LogP contribution in [0.2, 0.25) is 0 Å². The zero-order valence-corrected chi connectivity index (χ0v) is 19.1. The number of thiocarbonyl (C=S) groups is 1. The number of thiophene rings is 1. The van der Waals surface area contributed by atoms with E-state index in [1.807, 2.05) is 36.9 Å². The summed E-state index contributed by atoms with van der Waals surface area (Å²) in [7, 11) is 1.37. The van der Waals surface area contributed by atoms with Crippen LogP contribution < -0.4 is 10.6 Å². The number of benzene rings is 2. The number of fused-ring (bicyclic) bond motifs is 1. The number of hydrogen-bond donors (Lipinski definition) is 2. The maximum Gasteiger partial charge on any atom is 0.341 e. The van der Waals surface area contributed by atoms with E-state index in [4.69, 9.17) is 17.0 Å². The molecule has 31 heavy (non-hydrogen) atoms. The van der Waals surface area contributed by atoms with Gasteiger partial charge in [0.05, 0.1) is 31.1 Å². The molecule has 0 atom stereocenters. The third kappa shape index (κ3) is 4.45. The van der Waals surface area contributed by atoms with E-state index in [0.29, 0.717) is 22.2 Å². The van der Waals surface area contributed by atoms with E-state index in [1.54, 1.807) is 6.20 Å². The Morgan fingerprint density at radius 1 is 1.16 bits per heavy atom. The fraction of sp³-hybridized carbons (Fsp3) is 0.174. The molecule has 0 saturated carbocycles. The molecule has 0 aliphatic heterocycles. The molecule has 0 spiro atoms. The van der Waals surface area contributed by atoms with Gasteiger partial charge in [0.2, 0.25) is 0 Å². The number of methoxy groups -OCH3 is 1. The second kappa shape index (κ2) is 8.87. The summed E-state index contributed by atoms with van der Waals surface area (Å²) in [5.41, 5.74) is 3.37. The van der Waals surface area contributed by atoms with E-state index in [-0.39, 0.29) is 5.97 Å². The number of carbonyl (C=O) groups excluding carboxylic acids is 1. The van der Waals surface area contributed by atoms with Gasteiger partial charge in [0, 0.05) is 11.1 Å². The van der Waals surface area contributed by atoms with Gasteiger partial charge in [-0.15, -0.1) is 11.3 Å². The third-order valence-electron chi connectivity index (χ3n) is 5.11. The second-order valence-electron chi connectivity index (χ2n) is 7.12. The zero-order chi connectivity index (χ0) is 22.0. The van der Waals surface area contributed by atoms with Gasteiger partial charge in [-0.3, -0.25) is 4.68 Å². The van der Waals surface area contributed by atoms with Crippen molar-refractivity contribution in [3.8, 4) is 0 Å². The predicted molar refractivity (Wildman–Crippen MR) is 130 cm³/mol. The Morgan fingerprint density at radius 2 is 1.94 bits per heavy atom. The fourth-order valence-electron chi connectivity index (χ4n) is 3.45. The highest BCUT2D eigenvalue weighted by atomic mass is 32.1. The summed E-state index contributed by atoms with van der Waals surface area (Å²) in [6.07, 6.45) is 3.63. The van der Waals surface area contributed by atoms with Crippen molar-refractivity contribution in [2.45, 2.75) is 20.4 Å². The minimum Gasteiger partial charge on any atom is -0.465 e. The van der Waals surface area contributed by atoms with Crippen LogP contribution in [0.15, 0.2) is 54.9 Å². The van der Waals surface area contributed by atoms with E-state index in [9.17, 15) is 4.79 Å². The lowest BCUT2D eigenvalue weighted by atomic mass is 10.0. The molecule has 4 aromatic rings. The summed E-state index contributed by atoms with van der Waals surface area (Å²) < 4.78 is 6.78. The van der Waals surface area contributed by atoms with Crippen LogP contribution in [-0.4, -0.2) is 28.0 Å². The number of hydrogen-bond acceptors (Lipinski definition) is 5. The first kappa shape index (κ1) is 21.0. The first-order chi connectivity index (χ1) is 15.0. The van der Waals surface area contributed by atoms with Crippen LogP contribution >= 0.6 is 23.6 Å². The van der Waals surface area contributed by atoms with Crippen LogP contribution in [0, 0.1) is 13.8 Å². The van der Waals surface area contributed by atoms with Crippen molar-refractivity contribution >= 4 is 56.1 Å². The first-order valence-corrected chi connectivity index (χ1v) is 10.9. The minimum absolute atomic E-state index is 0.380. The SMILES string of the molecule is COC(=O)c1c(NC(=S)Nc2cnn(Cc3cccc4ccccc34)c2)sc(C)c1C. The molecule has 4 rings (SSSR count). The number of carbonyl (C=O) groups is 1. The Bertz CT molecular complexity index is 1270. The molecule has 2 N–H and O–H groups in total. The fourth-order valence-corrected chi connectivity index (χ4v) is 4.79. The van der Waals surface area contributed by atoms with Crippen molar-refractivity contribution in [1.82, 2.24) is 9.78 Å². The van der Waals surface area contributed by atoms with Crippen LogP contribution in [0.5, 0.6) is 0 Å². The molecule has 2 heterocycles. The maximum absolute atomic E-state index is 12.1. The first-order valence-electron chi connectivity index (χ1n) is 9.71. The highest BCUT2D eigenvalue weighted by Crippen LogP contribution is 2.33.